The van der Waals surface area contributed by atoms with Gasteiger partial charge in [0.1, 0.15) is 11.5 Å². The lowest BCUT2D eigenvalue weighted by Crippen LogP contribution is -2.41. The first-order chi connectivity index (χ1) is 15.6. The molecule has 0 radical (unpaired) electrons. The second kappa shape index (κ2) is 10.2. The van der Waals surface area contributed by atoms with E-state index in [0.717, 1.165) is 28.3 Å². The fourth-order valence-corrected chi connectivity index (χ4v) is 4.72. The van der Waals surface area contributed by atoms with Crippen molar-refractivity contribution in [3.63, 3.8) is 0 Å². The highest BCUT2D eigenvalue weighted by atomic mass is 16.5. The zero-order valence-electron chi connectivity index (χ0n) is 19.3. The summed E-state index contributed by atoms with van der Waals surface area (Å²) in [6.45, 7) is 0.386. The van der Waals surface area contributed by atoms with Crippen molar-refractivity contribution in [2.45, 2.75) is 50.6 Å². The first kappa shape index (κ1) is 22.3. The number of methoxy groups -OCH3 is 2. The molecule has 2 aromatic rings. The quantitative estimate of drug-likeness (QED) is 0.635. The molecule has 1 atom stereocenters. The standard InChI is InChI=1S/C26H33N3O3/c1-28(21-7-5-4-6-8-21)18-26(30)29-25(20-11-15-23(32-3)16-12-20)17-24(27-29)19-9-13-22(31-2)14-10-19/h9-16,21,25H,4-8,17-18H2,1-3H3. The van der Waals surface area contributed by atoms with Crippen molar-refractivity contribution in [2.75, 3.05) is 27.8 Å². The van der Waals surface area contributed by atoms with E-state index in [1.807, 2.05) is 48.5 Å². The molecule has 0 aromatic heterocycles. The Labute approximate surface area is 190 Å². The van der Waals surface area contributed by atoms with Crippen LogP contribution < -0.4 is 9.47 Å². The summed E-state index contributed by atoms with van der Waals surface area (Å²) in [7, 11) is 5.39. The number of hydrazone groups is 1. The van der Waals surface area contributed by atoms with Gasteiger partial charge in [-0.2, -0.15) is 5.10 Å². The van der Waals surface area contributed by atoms with Crippen molar-refractivity contribution >= 4 is 11.6 Å². The summed E-state index contributed by atoms with van der Waals surface area (Å²) in [5.74, 6) is 1.65. The van der Waals surface area contributed by atoms with Crippen LogP contribution in [0.3, 0.4) is 0 Å². The molecule has 170 valence electrons. The van der Waals surface area contributed by atoms with E-state index in [4.69, 9.17) is 14.6 Å². The third-order valence-electron chi connectivity index (χ3n) is 6.67. The summed E-state index contributed by atoms with van der Waals surface area (Å²) in [6.07, 6.45) is 6.83. The van der Waals surface area contributed by atoms with E-state index >= 15 is 0 Å². The molecule has 32 heavy (non-hydrogen) atoms. The van der Waals surface area contributed by atoms with Gasteiger partial charge < -0.3 is 9.47 Å². The highest BCUT2D eigenvalue weighted by Gasteiger charge is 2.34. The van der Waals surface area contributed by atoms with Crippen LogP contribution in [-0.4, -0.2) is 55.4 Å². The number of rotatable bonds is 7. The summed E-state index contributed by atoms with van der Waals surface area (Å²) in [4.78, 5) is 15.6. The SMILES string of the molecule is COc1ccc(C2=NN(C(=O)CN(C)C3CCCCC3)C(c3ccc(OC)cc3)C2)cc1. The Bertz CT molecular complexity index is 934. The molecular weight excluding hydrogens is 402 g/mol. The molecule has 6 nitrogen and oxygen atoms in total. The molecule has 4 rings (SSSR count). The van der Waals surface area contributed by atoms with Crippen LogP contribution in [0.5, 0.6) is 11.5 Å². The second-order valence-corrected chi connectivity index (χ2v) is 8.71. The van der Waals surface area contributed by atoms with Crippen molar-refractivity contribution in [2.24, 2.45) is 5.10 Å². The molecule has 0 bridgehead atoms. The molecule has 1 saturated carbocycles. The minimum Gasteiger partial charge on any atom is -0.497 e. The fraction of sp³-hybridized carbons (Fsp3) is 0.462. The van der Waals surface area contributed by atoms with E-state index in [2.05, 4.69) is 11.9 Å². The monoisotopic (exact) mass is 435 g/mol. The van der Waals surface area contributed by atoms with Gasteiger partial charge in [0.05, 0.1) is 32.5 Å². The molecular formula is C26H33N3O3. The Morgan fingerprint density at radius 2 is 1.56 bits per heavy atom. The van der Waals surface area contributed by atoms with Crippen molar-refractivity contribution < 1.29 is 14.3 Å². The first-order valence-corrected chi connectivity index (χ1v) is 11.5. The van der Waals surface area contributed by atoms with E-state index in [1.165, 1.54) is 32.1 Å². The third-order valence-corrected chi connectivity index (χ3v) is 6.67. The summed E-state index contributed by atoms with van der Waals surface area (Å²) >= 11 is 0. The molecule has 1 unspecified atom stereocenters. The lowest BCUT2D eigenvalue weighted by atomic mass is 9.94. The molecule has 2 aromatic carbocycles. The Balaban J connectivity index is 1.56. The lowest BCUT2D eigenvalue weighted by molar-refractivity contribution is -0.134. The number of benzene rings is 2. The van der Waals surface area contributed by atoms with E-state index in [-0.39, 0.29) is 11.9 Å². The van der Waals surface area contributed by atoms with Crippen LogP contribution in [-0.2, 0) is 4.79 Å². The van der Waals surface area contributed by atoms with Crippen LogP contribution >= 0.6 is 0 Å². The lowest BCUT2D eigenvalue weighted by Gasteiger charge is -2.32. The minimum atomic E-state index is -0.120. The van der Waals surface area contributed by atoms with E-state index in [0.29, 0.717) is 19.0 Å². The van der Waals surface area contributed by atoms with E-state index in [9.17, 15) is 4.79 Å². The van der Waals surface area contributed by atoms with Gasteiger partial charge in [-0.15, -0.1) is 0 Å². The molecule has 6 heteroatoms. The first-order valence-electron chi connectivity index (χ1n) is 11.5. The van der Waals surface area contributed by atoms with Crippen molar-refractivity contribution in [1.82, 2.24) is 9.91 Å². The normalized spacial score (nSPS) is 19.2. The van der Waals surface area contributed by atoms with Gasteiger partial charge in [0.25, 0.3) is 5.91 Å². The van der Waals surface area contributed by atoms with Crippen LogP contribution in [0, 0.1) is 0 Å². The molecule has 0 spiro atoms. The van der Waals surface area contributed by atoms with Crippen molar-refractivity contribution in [3.05, 3.63) is 59.7 Å². The Kier molecular flexibility index (Phi) is 7.10. The maximum Gasteiger partial charge on any atom is 0.257 e. The van der Waals surface area contributed by atoms with Gasteiger partial charge in [0, 0.05) is 12.5 Å². The number of carbonyl (C=O) groups excluding carboxylic acids is 1. The van der Waals surface area contributed by atoms with E-state index < -0.39 is 0 Å². The van der Waals surface area contributed by atoms with Crippen LogP contribution in [0.25, 0.3) is 0 Å². The maximum absolute atomic E-state index is 13.4. The summed E-state index contributed by atoms with van der Waals surface area (Å²) in [5.41, 5.74) is 2.99. The summed E-state index contributed by atoms with van der Waals surface area (Å²) < 4.78 is 10.6. The predicted octanol–water partition coefficient (Wildman–Crippen LogP) is 4.65. The Morgan fingerprint density at radius 3 is 2.16 bits per heavy atom. The second-order valence-electron chi connectivity index (χ2n) is 8.71. The molecule has 1 aliphatic carbocycles. The molecule has 1 heterocycles. The third kappa shape index (κ3) is 4.96. The van der Waals surface area contributed by atoms with Gasteiger partial charge in [-0.3, -0.25) is 9.69 Å². The van der Waals surface area contributed by atoms with Gasteiger partial charge in [-0.05, 0) is 67.4 Å². The van der Waals surface area contributed by atoms with Gasteiger partial charge in [0.15, 0.2) is 0 Å². The molecule has 0 N–H and O–H groups in total. The smallest absolute Gasteiger partial charge is 0.257 e. The van der Waals surface area contributed by atoms with Gasteiger partial charge in [-0.25, -0.2) is 5.01 Å². The molecule has 2 aliphatic rings. The number of nitrogens with zero attached hydrogens (tertiary/aromatic N) is 3. The van der Waals surface area contributed by atoms with Crippen molar-refractivity contribution in [3.8, 4) is 11.5 Å². The van der Waals surface area contributed by atoms with Crippen molar-refractivity contribution in [1.29, 1.82) is 0 Å². The highest BCUT2D eigenvalue weighted by molar-refractivity contribution is 6.03. The number of amides is 1. The van der Waals surface area contributed by atoms with E-state index in [1.54, 1.807) is 19.2 Å². The highest BCUT2D eigenvalue weighted by Crippen LogP contribution is 2.34. The zero-order chi connectivity index (χ0) is 22.5. The number of carbonyl (C=O) groups is 1. The fourth-order valence-electron chi connectivity index (χ4n) is 4.72. The zero-order valence-corrected chi connectivity index (χ0v) is 19.3. The van der Waals surface area contributed by atoms with Gasteiger partial charge in [0.2, 0.25) is 0 Å². The molecule has 1 aliphatic heterocycles. The number of ether oxygens (including phenoxy) is 2. The Hall–Kier alpha value is -2.86. The van der Waals surface area contributed by atoms with Crippen LogP contribution in [0.4, 0.5) is 0 Å². The average Bonchev–Trinajstić information content (AvgIpc) is 3.30. The minimum absolute atomic E-state index is 0.0439. The number of hydrogen-bond donors (Lipinski definition) is 0. The molecule has 0 saturated heterocycles. The molecule has 1 amide bonds. The number of hydrogen-bond acceptors (Lipinski definition) is 5. The van der Waals surface area contributed by atoms with Crippen LogP contribution in [0.2, 0.25) is 0 Å². The predicted molar refractivity (Wildman–Crippen MR) is 126 cm³/mol. The number of likely N-dealkylation sites (N-methyl/N-ethyl adjacent to an activating group) is 1. The molecule has 1 fully saturated rings. The van der Waals surface area contributed by atoms with Gasteiger partial charge >= 0.3 is 0 Å². The van der Waals surface area contributed by atoms with Crippen LogP contribution in [0.1, 0.15) is 55.7 Å². The van der Waals surface area contributed by atoms with Gasteiger partial charge in [-0.1, -0.05) is 31.4 Å². The maximum atomic E-state index is 13.4. The summed E-state index contributed by atoms with van der Waals surface area (Å²) in [5, 5.41) is 6.51. The van der Waals surface area contributed by atoms with Crippen LogP contribution in [0.15, 0.2) is 53.6 Å². The average molecular weight is 436 g/mol. The topological polar surface area (TPSA) is 54.4 Å². The largest absolute Gasteiger partial charge is 0.497 e. The summed E-state index contributed by atoms with van der Waals surface area (Å²) in [6, 6.07) is 16.2. The Morgan fingerprint density at radius 1 is 0.969 bits per heavy atom.